The topological polar surface area (TPSA) is 118 Å². The number of carbonyl (C=O) groups excluding carboxylic acids is 1. The second kappa shape index (κ2) is 11.6. The molecule has 0 radical (unpaired) electrons. The molecule has 2 aliphatic heterocycles. The van der Waals surface area contributed by atoms with Gasteiger partial charge in [0.15, 0.2) is 22.9 Å². The molecule has 0 unspecified atom stereocenters. The van der Waals surface area contributed by atoms with Gasteiger partial charge < -0.3 is 24.8 Å². The van der Waals surface area contributed by atoms with Crippen molar-refractivity contribution in [2.24, 2.45) is 0 Å². The van der Waals surface area contributed by atoms with Crippen LogP contribution in [0, 0.1) is 0 Å². The molecule has 4 heterocycles. The summed E-state index contributed by atoms with van der Waals surface area (Å²) in [7, 11) is 0. The van der Waals surface area contributed by atoms with Gasteiger partial charge in [0.2, 0.25) is 6.79 Å². The Morgan fingerprint density at radius 1 is 0.870 bits per heavy atom. The van der Waals surface area contributed by atoms with E-state index in [0.29, 0.717) is 57.5 Å². The second-order valence-electron chi connectivity index (χ2n) is 11.3. The Balaban J connectivity index is 1.15. The first-order valence-electron chi connectivity index (χ1n) is 15.2. The van der Waals surface area contributed by atoms with Gasteiger partial charge in [-0.1, -0.05) is 48.5 Å². The van der Waals surface area contributed by atoms with Gasteiger partial charge in [0.05, 0.1) is 17.1 Å². The van der Waals surface area contributed by atoms with Crippen molar-refractivity contribution in [3.8, 4) is 34.3 Å². The van der Waals surface area contributed by atoms with E-state index in [1.807, 2.05) is 102 Å². The molecular formula is C36H30N6O4. The number of rotatable bonds is 7. The van der Waals surface area contributed by atoms with E-state index in [9.17, 15) is 4.79 Å². The normalized spacial score (nSPS) is 15.7. The third-order valence-electron chi connectivity index (χ3n) is 8.48. The summed E-state index contributed by atoms with van der Waals surface area (Å²) in [5.41, 5.74) is 10.6. The zero-order valence-corrected chi connectivity index (χ0v) is 24.9. The lowest BCUT2D eigenvalue weighted by atomic mass is 9.97. The minimum atomic E-state index is -0.0666. The minimum absolute atomic E-state index is 0.0576. The molecule has 2 N–H and O–H groups in total. The van der Waals surface area contributed by atoms with Gasteiger partial charge in [-0.25, -0.2) is 14.6 Å². The smallest absolute Gasteiger partial charge is 0.231 e. The molecule has 10 heteroatoms. The molecule has 0 bridgehead atoms. The number of ether oxygens (including phenoxy) is 3. The van der Waals surface area contributed by atoms with Crippen LogP contribution in [0.3, 0.4) is 0 Å². The fourth-order valence-electron chi connectivity index (χ4n) is 6.31. The molecule has 4 aromatic carbocycles. The van der Waals surface area contributed by atoms with Crippen molar-refractivity contribution in [1.82, 2.24) is 19.7 Å². The Hall–Kier alpha value is -5.90. The summed E-state index contributed by atoms with van der Waals surface area (Å²) in [6.45, 7) is 1.44. The number of nitrogens with zero attached hydrogens (tertiary/aromatic N) is 5. The highest BCUT2D eigenvalue weighted by molar-refractivity contribution is 6.13. The summed E-state index contributed by atoms with van der Waals surface area (Å²) in [4.78, 5) is 24.9. The number of aromatic nitrogens is 4. The van der Waals surface area contributed by atoms with Crippen LogP contribution in [-0.2, 0) is 0 Å². The highest BCUT2D eigenvalue weighted by Crippen LogP contribution is 2.46. The molecule has 2 aromatic heterocycles. The quantitative estimate of drug-likeness (QED) is 0.198. The van der Waals surface area contributed by atoms with Crippen molar-refractivity contribution in [2.45, 2.75) is 18.9 Å². The Labute approximate surface area is 265 Å². The van der Waals surface area contributed by atoms with Crippen LogP contribution < -0.4 is 24.8 Å². The molecule has 8 rings (SSSR count). The van der Waals surface area contributed by atoms with Gasteiger partial charge in [-0.3, -0.25) is 4.79 Å². The zero-order valence-electron chi connectivity index (χ0n) is 24.9. The molecule has 0 saturated carbocycles. The average Bonchev–Trinajstić information content (AvgIpc) is 3.75. The van der Waals surface area contributed by atoms with Crippen molar-refractivity contribution in [2.75, 3.05) is 30.5 Å². The maximum absolute atomic E-state index is 13.8. The first-order valence-corrected chi connectivity index (χ1v) is 15.2. The summed E-state index contributed by atoms with van der Waals surface area (Å²) in [6, 6.07) is 30.3. The summed E-state index contributed by atoms with van der Waals surface area (Å²) in [5.74, 6) is 3.01. The fraction of sp³-hybridized carbons (Fsp3) is 0.167. The van der Waals surface area contributed by atoms with Crippen LogP contribution in [0.15, 0.2) is 103 Å². The van der Waals surface area contributed by atoms with E-state index < -0.39 is 0 Å². The Morgan fingerprint density at radius 2 is 1.63 bits per heavy atom. The standard InChI is InChI=1S/C36H30N6O4/c37-35-30-31(23-13-15-27(16-14-23)46-26-11-5-2-6-12-26)40-42(36(30)39-21-38-35)25-10-7-19-41(20-25)32-28(17-18-29-34(32)45-22-44-29)33(43)24-8-3-1-4-9-24/h1-6,8-9,11-18,21,25H,7,10,19-20,22H2,(H2,37,38,39)/t25-/m1/s1. The summed E-state index contributed by atoms with van der Waals surface area (Å²) in [6.07, 6.45) is 3.22. The predicted octanol–water partition coefficient (Wildman–Crippen LogP) is 6.67. The van der Waals surface area contributed by atoms with E-state index >= 15 is 0 Å². The maximum Gasteiger partial charge on any atom is 0.231 e. The highest BCUT2D eigenvalue weighted by atomic mass is 16.7. The van der Waals surface area contributed by atoms with Crippen LogP contribution in [0.25, 0.3) is 22.3 Å². The van der Waals surface area contributed by atoms with Crippen LogP contribution in [0.5, 0.6) is 23.0 Å². The molecule has 228 valence electrons. The lowest BCUT2D eigenvalue weighted by molar-refractivity contribution is 0.103. The van der Waals surface area contributed by atoms with Crippen molar-refractivity contribution in [3.63, 3.8) is 0 Å². The Kier molecular flexibility index (Phi) is 6.94. The Morgan fingerprint density at radius 3 is 2.43 bits per heavy atom. The number of para-hydroxylation sites is 1. The van der Waals surface area contributed by atoms with E-state index in [1.54, 1.807) is 0 Å². The second-order valence-corrected chi connectivity index (χ2v) is 11.3. The number of hydrogen-bond acceptors (Lipinski definition) is 9. The van der Waals surface area contributed by atoms with Gasteiger partial charge in [0.1, 0.15) is 29.3 Å². The average molecular weight is 611 g/mol. The van der Waals surface area contributed by atoms with Crippen molar-refractivity contribution >= 4 is 28.3 Å². The van der Waals surface area contributed by atoms with Gasteiger partial charge in [-0.2, -0.15) is 5.10 Å². The number of nitrogens with two attached hydrogens (primary N) is 1. The van der Waals surface area contributed by atoms with Crippen molar-refractivity contribution in [3.05, 3.63) is 115 Å². The summed E-state index contributed by atoms with van der Waals surface area (Å²) < 4.78 is 19.6. The Bertz CT molecular complexity index is 2050. The molecule has 0 amide bonds. The molecule has 46 heavy (non-hydrogen) atoms. The zero-order chi connectivity index (χ0) is 31.0. The maximum atomic E-state index is 13.8. The number of hydrogen-bond donors (Lipinski definition) is 1. The van der Waals surface area contributed by atoms with Gasteiger partial charge in [-0.15, -0.1) is 0 Å². The van der Waals surface area contributed by atoms with Crippen LogP contribution >= 0.6 is 0 Å². The molecule has 1 atom stereocenters. The third kappa shape index (κ3) is 4.93. The largest absolute Gasteiger partial charge is 0.457 e. The fourth-order valence-corrected chi connectivity index (χ4v) is 6.31. The molecule has 2 aliphatic rings. The predicted molar refractivity (Wildman–Crippen MR) is 175 cm³/mol. The molecular weight excluding hydrogens is 580 g/mol. The monoisotopic (exact) mass is 610 g/mol. The number of anilines is 2. The minimum Gasteiger partial charge on any atom is -0.457 e. The van der Waals surface area contributed by atoms with Gasteiger partial charge in [0, 0.05) is 29.8 Å². The SMILES string of the molecule is Nc1ncnc2c1c(-c1ccc(Oc3ccccc3)cc1)nn2[C@@H]1CCCN(c2c(C(=O)c3ccccc3)ccc3c2OCO3)C1. The lowest BCUT2D eigenvalue weighted by Gasteiger charge is -2.36. The molecule has 10 nitrogen and oxygen atoms in total. The van der Waals surface area contributed by atoms with Crippen LogP contribution in [0.1, 0.15) is 34.8 Å². The number of carbonyl (C=O) groups is 1. The van der Waals surface area contributed by atoms with Crippen LogP contribution in [0.4, 0.5) is 11.5 Å². The summed E-state index contributed by atoms with van der Waals surface area (Å²) in [5, 5.41) is 5.81. The third-order valence-corrected chi connectivity index (χ3v) is 8.48. The van der Waals surface area contributed by atoms with Gasteiger partial charge >= 0.3 is 0 Å². The number of ketones is 1. The number of piperidine rings is 1. The molecule has 1 saturated heterocycles. The highest BCUT2D eigenvalue weighted by Gasteiger charge is 2.33. The number of nitrogen functional groups attached to an aromatic ring is 1. The van der Waals surface area contributed by atoms with E-state index in [4.69, 9.17) is 25.0 Å². The molecule has 6 aromatic rings. The first kappa shape index (κ1) is 27.6. The molecule has 0 spiro atoms. The van der Waals surface area contributed by atoms with E-state index in [2.05, 4.69) is 14.9 Å². The van der Waals surface area contributed by atoms with Crippen molar-refractivity contribution in [1.29, 1.82) is 0 Å². The van der Waals surface area contributed by atoms with Crippen LogP contribution in [-0.4, -0.2) is 45.4 Å². The van der Waals surface area contributed by atoms with Crippen molar-refractivity contribution < 1.29 is 19.0 Å². The van der Waals surface area contributed by atoms with Gasteiger partial charge in [0.25, 0.3) is 0 Å². The molecule has 0 aliphatic carbocycles. The van der Waals surface area contributed by atoms with Crippen LogP contribution in [0.2, 0.25) is 0 Å². The summed E-state index contributed by atoms with van der Waals surface area (Å²) >= 11 is 0. The first-order chi connectivity index (χ1) is 22.6. The number of benzene rings is 4. The molecule has 1 fully saturated rings. The van der Waals surface area contributed by atoms with Gasteiger partial charge in [-0.05, 0) is 61.4 Å². The van der Waals surface area contributed by atoms with E-state index in [1.165, 1.54) is 6.33 Å². The lowest BCUT2D eigenvalue weighted by Crippen LogP contribution is -2.38. The van der Waals surface area contributed by atoms with E-state index in [-0.39, 0.29) is 18.6 Å². The van der Waals surface area contributed by atoms with E-state index in [0.717, 1.165) is 36.4 Å². The number of fused-ring (bicyclic) bond motifs is 2.